The van der Waals surface area contributed by atoms with Gasteiger partial charge in [0, 0.05) is 13.6 Å². The molecular weight excluding hydrogens is 364 g/mol. The van der Waals surface area contributed by atoms with Gasteiger partial charge in [-0.1, -0.05) is 12.1 Å². The van der Waals surface area contributed by atoms with E-state index >= 15 is 0 Å². The maximum Gasteiger partial charge on any atom is 0.252 e. The van der Waals surface area contributed by atoms with Crippen LogP contribution in [0.3, 0.4) is 0 Å². The van der Waals surface area contributed by atoms with E-state index in [-0.39, 0.29) is 17.3 Å². The molecule has 0 unspecified atom stereocenters. The summed E-state index contributed by atoms with van der Waals surface area (Å²) < 4.78 is 36.2. The minimum absolute atomic E-state index is 0.211. The molecule has 0 aliphatic heterocycles. The third-order valence-electron chi connectivity index (χ3n) is 3.46. The Balaban J connectivity index is 1.95. The molecule has 2 aromatic rings. The summed E-state index contributed by atoms with van der Waals surface area (Å²) in [4.78, 5) is 12.1. The molecular formula is C16H20N2O5S2. The van der Waals surface area contributed by atoms with Gasteiger partial charge < -0.3 is 14.8 Å². The van der Waals surface area contributed by atoms with Crippen LogP contribution in [0, 0.1) is 0 Å². The van der Waals surface area contributed by atoms with E-state index < -0.39 is 15.9 Å². The first-order valence-electron chi connectivity index (χ1n) is 7.36. The molecule has 0 atom stereocenters. The number of rotatable bonds is 8. The number of methoxy groups -OCH3 is 2. The molecule has 0 radical (unpaired) electrons. The number of nitrogens with zero attached hydrogens (tertiary/aromatic N) is 1. The molecule has 25 heavy (non-hydrogen) atoms. The number of sulfonamides is 1. The highest BCUT2D eigenvalue weighted by Crippen LogP contribution is 2.27. The van der Waals surface area contributed by atoms with Gasteiger partial charge >= 0.3 is 0 Å². The Morgan fingerprint density at radius 3 is 2.52 bits per heavy atom. The van der Waals surface area contributed by atoms with Crippen LogP contribution >= 0.6 is 11.3 Å². The molecule has 0 bridgehead atoms. The van der Waals surface area contributed by atoms with Crippen molar-refractivity contribution in [2.24, 2.45) is 0 Å². The van der Waals surface area contributed by atoms with Crippen LogP contribution in [0.5, 0.6) is 11.5 Å². The molecule has 0 saturated carbocycles. The second kappa shape index (κ2) is 8.32. The third kappa shape index (κ3) is 4.71. The lowest BCUT2D eigenvalue weighted by atomic mass is 10.2. The average molecular weight is 384 g/mol. The predicted molar refractivity (Wildman–Crippen MR) is 95.5 cm³/mol. The second-order valence-corrected chi connectivity index (χ2v) is 8.38. The SMILES string of the molecule is COc1ccc(CNC(=O)CN(C)S(=O)(=O)c2cccs2)cc1OC. The van der Waals surface area contributed by atoms with Crippen molar-refractivity contribution in [3.05, 3.63) is 41.3 Å². The number of benzene rings is 1. The number of hydrogen-bond donors (Lipinski definition) is 1. The molecule has 2 rings (SSSR count). The summed E-state index contributed by atoms with van der Waals surface area (Å²) in [6, 6.07) is 8.47. The van der Waals surface area contributed by atoms with E-state index in [0.29, 0.717) is 11.5 Å². The highest BCUT2D eigenvalue weighted by molar-refractivity contribution is 7.91. The first-order chi connectivity index (χ1) is 11.9. The summed E-state index contributed by atoms with van der Waals surface area (Å²) in [7, 11) is 0.818. The normalized spacial score (nSPS) is 11.4. The van der Waals surface area contributed by atoms with E-state index in [0.717, 1.165) is 21.2 Å². The number of thiophene rings is 1. The number of carbonyl (C=O) groups is 1. The zero-order valence-electron chi connectivity index (χ0n) is 14.2. The molecule has 1 aromatic heterocycles. The Morgan fingerprint density at radius 1 is 1.20 bits per heavy atom. The Labute approximate surface area is 151 Å². The van der Waals surface area contributed by atoms with E-state index in [2.05, 4.69) is 5.32 Å². The van der Waals surface area contributed by atoms with E-state index in [9.17, 15) is 13.2 Å². The minimum Gasteiger partial charge on any atom is -0.493 e. The topological polar surface area (TPSA) is 84.9 Å². The summed E-state index contributed by atoms with van der Waals surface area (Å²) in [5, 5.41) is 4.38. The lowest BCUT2D eigenvalue weighted by Gasteiger charge is -2.16. The first-order valence-corrected chi connectivity index (χ1v) is 9.68. The van der Waals surface area contributed by atoms with Crippen LogP contribution < -0.4 is 14.8 Å². The number of nitrogens with one attached hydrogen (secondary N) is 1. The van der Waals surface area contributed by atoms with Gasteiger partial charge in [0.1, 0.15) is 4.21 Å². The number of ether oxygens (including phenoxy) is 2. The van der Waals surface area contributed by atoms with Crippen molar-refractivity contribution in [3.8, 4) is 11.5 Å². The van der Waals surface area contributed by atoms with E-state index in [1.807, 2.05) is 0 Å². The quantitative estimate of drug-likeness (QED) is 0.749. The Bertz CT molecular complexity index is 819. The lowest BCUT2D eigenvalue weighted by Crippen LogP contribution is -2.37. The average Bonchev–Trinajstić information content (AvgIpc) is 3.15. The van der Waals surface area contributed by atoms with Gasteiger partial charge in [-0.25, -0.2) is 8.42 Å². The molecule has 0 fully saturated rings. The van der Waals surface area contributed by atoms with E-state index in [1.165, 1.54) is 20.2 Å². The molecule has 0 saturated heterocycles. The molecule has 136 valence electrons. The van der Waals surface area contributed by atoms with Crippen LogP contribution in [0.1, 0.15) is 5.56 Å². The number of likely N-dealkylation sites (N-methyl/N-ethyl adjacent to an activating group) is 1. The van der Waals surface area contributed by atoms with Crippen LogP contribution in [0.15, 0.2) is 39.9 Å². The summed E-state index contributed by atoms with van der Waals surface area (Å²) in [5.41, 5.74) is 0.815. The number of amides is 1. The second-order valence-electron chi connectivity index (χ2n) is 5.16. The van der Waals surface area contributed by atoms with Crippen molar-refractivity contribution in [2.45, 2.75) is 10.8 Å². The van der Waals surface area contributed by atoms with E-state index in [4.69, 9.17) is 9.47 Å². The fourth-order valence-electron chi connectivity index (χ4n) is 2.10. The van der Waals surface area contributed by atoms with Crippen molar-refractivity contribution in [2.75, 3.05) is 27.8 Å². The van der Waals surface area contributed by atoms with Crippen molar-refractivity contribution in [1.29, 1.82) is 0 Å². The van der Waals surface area contributed by atoms with Gasteiger partial charge in [0.05, 0.1) is 20.8 Å². The largest absolute Gasteiger partial charge is 0.493 e. The summed E-state index contributed by atoms with van der Waals surface area (Å²) in [5.74, 6) is 0.767. The maximum atomic E-state index is 12.3. The number of hydrogen-bond acceptors (Lipinski definition) is 6. The van der Waals surface area contributed by atoms with Crippen molar-refractivity contribution >= 4 is 27.3 Å². The molecule has 7 nitrogen and oxygen atoms in total. The standard InChI is InChI=1S/C16H20N2O5S2/c1-18(25(20,21)16-5-4-8-24-16)11-15(19)17-10-12-6-7-13(22-2)14(9-12)23-3/h4-9H,10-11H2,1-3H3,(H,17,19). The van der Waals surface area contributed by atoms with Gasteiger partial charge in [0.15, 0.2) is 11.5 Å². The third-order valence-corrected chi connectivity index (χ3v) is 6.64. The molecule has 1 heterocycles. The fraction of sp³-hybridized carbons (Fsp3) is 0.312. The summed E-state index contributed by atoms with van der Waals surface area (Å²) in [6.45, 7) is -0.000397. The molecule has 0 spiro atoms. The zero-order chi connectivity index (χ0) is 18.4. The monoisotopic (exact) mass is 384 g/mol. The van der Waals surface area contributed by atoms with Gasteiger partial charge in [-0.2, -0.15) is 4.31 Å². The first kappa shape index (κ1) is 19.2. The molecule has 1 amide bonds. The van der Waals surface area contributed by atoms with Gasteiger partial charge in [0.25, 0.3) is 10.0 Å². The van der Waals surface area contributed by atoms with Crippen LogP contribution in [-0.2, 0) is 21.4 Å². The van der Waals surface area contributed by atoms with Gasteiger partial charge in [-0.3, -0.25) is 4.79 Å². The highest BCUT2D eigenvalue weighted by atomic mass is 32.2. The lowest BCUT2D eigenvalue weighted by molar-refractivity contribution is -0.121. The fourth-order valence-corrected chi connectivity index (χ4v) is 4.43. The van der Waals surface area contributed by atoms with Gasteiger partial charge in [-0.15, -0.1) is 11.3 Å². The number of carbonyl (C=O) groups excluding carboxylic acids is 1. The van der Waals surface area contributed by atoms with Crippen LogP contribution in [0.25, 0.3) is 0 Å². The van der Waals surface area contributed by atoms with Gasteiger partial charge in [-0.05, 0) is 29.1 Å². The van der Waals surface area contributed by atoms with Gasteiger partial charge in [0.2, 0.25) is 5.91 Å². The predicted octanol–water partition coefficient (Wildman–Crippen LogP) is 1.70. The van der Waals surface area contributed by atoms with Crippen LogP contribution in [0.2, 0.25) is 0 Å². The maximum absolute atomic E-state index is 12.3. The van der Waals surface area contributed by atoms with Crippen LogP contribution in [0.4, 0.5) is 0 Å². The zero-order valence-corrected chi connectivity index (χ0v) is 15.8. The Morgan fingerprint density at radius 2 is 1.92 bits per heavy atom. The molecule has 9 heteroatoms. The molecule has 1 aromatic carbocycles. The molecule has 1 N–H and O–H groups in total. The van der Waals surface area contributed by atoms with Crippen molar-refractivity contribution in [1.82, 2.24) is 9.62 Å². The van der Waals surface area contributed by atoms with Crippen molar-refractivity contribution in [3.63, 3.8) is 0 Å². The van der Waals surface area contributed by atoms with Crippen LogP contribution in [-0.4, -0.2) is 46.4 Å². The Kier molecular flexibility index (Phi) is 6.40. The smallest absolute Gasteiger partial charge is 0.252 e. The summed E-state index contributed by atoms with van der Waals surface area (Å²) in [6.07, 6.45) is 0. The van der Waals surface area contributed by atoms with E-state index in [1.54, 1.807) is 36.8 Å². The molecule has 0 aliphatic rings. The minimum atomic E-state index is -3.64. The summed E-state index contributed by atoms with van der Waals surface area (Å²) >= 11 is 1.12. The Hall–Kier alpha value is -2.10. The van der Waals surface area contributed by atoms with Crippen molar-refractivity contribution < 1.29 is 22.7 Å². The molecule has 0 aliphatic carbocycles. The highest BCUT2D eigenvalue weighted by Gasteiger charge is 2.23.